The number of nitrogens with one attached hydrogen (secondary N) is 2. The summed E-state index contributed by atoms with van der Waals surface area (Å²) in [5, 5.41) is 3.50. The first-order valence-corrected chi connectivity index (χ1v) is 10.3. The first-order chi connectivity index (χ1) is 12.9. The lowest BCUT2D eigenvalue weighted by atomic mass is 10.2. The number of hydrogen-bond donors (Lipinski definition) is 3. The number of anilines is 1. The molecular weight excluding hydrogens is 384 g/mol. The van der Waals surface area contributed by atoms with E-state index in [1.165, 1.54) is 16.2 Å². The fourth-order valence-electron chi connectivity index (χ4n) is 3.34. The number of aromatic nitrogens is 2. The second-order valence-electron chi connectivity index (χ2n) is 6.54. The molecule has 2 amide bonds. The number of fused-ring (bicyclic) bond motifs is 3. The van der Waals surface area contributed by atoms with Crippen LogP contribution in [0.25, 0.3) is 10.2 Å². The van der Waals surface area contributed by atoms with E-state index in [4.69, 9.17) is 5.73 Å². The molecule has 0 radical (unpaired) electrons. The zero-order chi connectivity index (χ0) is 19.1. The van der Waals surface area contributed by atoms with Crippen LogP contribution in [0.4, 0.5) is 5.69 Å². The Labute approximate surface area is 162 Å². The summed E-state index contributed by atoms with van der Waals surface area (Å²) in [6.07, 6.45) is 3.57. The van der Waals surface area contributed by atoms with Gasteiger partial charge in [-0.2, -0.15) is 0 Å². The maximum absolute atomic E-state index is 12.4. The lowest BCUT2D eigenvalue weighted by Crippen LogP contribution is -2.16. The van der Waals surface area contributed by atoms with E-state index >= 15 is 0 Å². The van der Waals surface area contributed by atoms with Crippen molar-refractivity contribution in [3.63, 3.8) is 0 Å². The normalized spacial score (nSPS) is 13.1. The Balaban J connectivity index is 1.46. The van der Waals surface area contributed by atoms with E-state index in [1.807, 2.05) is 6.92 Å². The highest BCUT2D eigenvalue weighted by molar-refractivity contribution is 7.18. The van der Waals surface area contributed by atoms with Crippen molar-refractivity contribution in [2.24, 2.45) is 5.73 Å². The number of hydrogen-bond acceptors (Lipinski definition) is 6. The number of carbonyl (C=O) groups is 2. The summed E-state index contributed by atoms with van der Waals surface area (Å²) in [6, 6.07) is 1.58. The van der Waals surface area contributed by atoms with Gasteiger partial charge in [0.2, 0.25) is 5.91 Å². The summed E-state index contributed by atoms with van der Waals surface area (Å²) in [5.41, 5.74) is 6.88. The van der Waals surface area contributed by atoms with Crippen molar-refractivity contribution in [3.8, 4) is 0 Å². The molecule has 0 aliphatic heterocycles. The van der Waals surface area contributed by atoms with Gasteiger partial charge in [0, 0.05) is 22.6 Å². The quantitative estimate of drug-likeness (QED) is 0.608. The molecule has 3 aromatic rings. The predicted octanol–water partition coefficient (Wildman–Crippen LogP) is 2.51. The van der Waals surface area contributed by atoms with Gasteiger partial charge in [-0.3, -0.25) is 14.4 Å². The topological polar surface area (TPSA) is 118 Å². The van der Waals surface area contributed by atoms with Gasteiger partial charge in [-0.15, -0.1) is 22.7 Å². The number of thiophene rings is 2. The van der Waals surface area contributed by atoms with Gasteiger partial charge in [-0.05, 0) is 37.8 Å². The highest BCUT2D eigenvalue weighted by Crippen LogP contribution is 2.34. The highest BCUT2D eigenvalue weighted by Gasteiger charge is 2.21. The number of nitrogens with zero attached hydrogens (tertiary/aromatic N) is 1. The fourth-order valence-corrected chi connectivity index (χ4v) is 5.45. The molecule has 0 atom stereocenters. The molecule has 0 saturated heterocycles. The van der Waals surface area contributed by atoms with Crippen LogP contribution in [0, 0.1) is 6.92 Å². The molecule has 4 N–H and O–H groups in total. The monoisotopic (exact) mass is 402 g/mol. The van der Waals surface area contributed by atoms with E-state index < -0.39 is 5.91 Å². The molecule has 3 heterocycles. The Kier molecular flexibility index (Phi) is 4.56. The van der Waals surface area contributed by atoms with Crippen molar-refractivity contribution in [1.82, 2.24) is 9.97 Å². The third-order valence-corrected chi connectivity index (χ3v) is 6.90. The lowest BCUT2D eigenvalue weighted by Gasteiger charge is -2.04. The summed E-state index contributed by atoms with van der Waals surface area (Å²) < 4.78 is 0. The average Bonchev–Trinajstić information content (AvgIpc) is 3.27. The van der Waals surface area contributed by atoms with Crippen LogP contribution in [0.2, 0.25) is 0 Å². The summed E-state index contributed by atoms with van der Waals surface area (Å²) in [5.74, 6) is -0.202. The zero-order valence-electron chi connectivity index (χ0n) is 14.7. The molecule has 0 fully saturated rings. The highest BCUT2D eigenvalue weighted by atomic mass is 32.1. The second kappa shape index (κ2) is 6.90. The van der Waals surface area contributed by atoms with Crippen LogP contribution in [-0.2, 0) is 24.1 Å². The molecule has 0 unspecified atom stereocenters. The van der Waals surface area contributed by atoms with E-state index in [0.717, 1.165) is 34.5 Å². The zero-order valence-corrected chi connectivity index (χ0v) is 16.3. The number of primary amides is 1. The van der Waals surface area contributed by atoms with Crippen LogP contribution >= 0.6 is 22.7 Å². The smallest absolute Gasteiger partial charge is 0.259 e. The Bertz CT molecular complexity index is 1130. The molecule has 3 aromatic heterocycles. The Morgan fingerprint density at radius 1 is 1.33 bits per heavy atom. The third kappa shape index (κ3) is 3.40. The molecule has 0 saturated carbocycles. The first kappa shape index (κ1) is 17.9. The standard InChI is InChI=1S/C18H18N4O3S2/c1-8-10(7-12(26-8)16(19)24)20-14(23)6-5-13-21-17(25)15-9-3-2-4-11(9)27-18(15)22-13/h7H,2-6H2,1H3,(H2,19,24)(H,20,23)(H,21,22,25). The number of aromatic amines is 1. The Hall–Kier alpha value is -2.52. The molecule has 0 aromatic carbocycles. The number of H-pyrrole nitrogens is 1. The van der Waals surface area contributed by atoms with Crippen LogP contribution in [0.15, 0.2) is 10.9 Å². The van der Waals surface area contributed by atoms with Gasteiger partial charge < -0.3 is 16.0 Å². The van der Waals surface area contributed by atoms with Crippen LogP contribution in [0.1, 0.15) is 43.7 Å². The minimum absolute atomic E-state index is 0.116. The van der Waals surface area contributed by atoms with E-state index in [1.54, 1.807) is 17.4 Å². The fraction of sp³-hybridized carbons (Fsp3) is 0.333. The third-order valence-electron chi connectivity index (χ3n) is 4.65. The van der Waals surface area contributed by atoms with E-state index in [9.17, 15) is 14.4 Å². The van der Waals surface area contributed by atoms with E-state index in [-0.39, 0.29) is 17.9 Å². The van der Waals surface area contributed by atoms with Gasteiger partial charge in [-0.25, -0.2) is 4.98 Å². The molecule has 9 heteroatoms. The summed E-state index contributed by atoms with van der Waals surface area (Å²) in [6.45, 7) is 1.82. The van der Waals surface area contributed by atoms with Crippen molar-refractivity contribution >= 4 is 50.4 Å². The molecular formula is C18H18N4O3S2. The molecule has 0 bridgehead atoms. The minimum atomic E-state index is -0.512. The first-order valence-electron chi connectivity index (χ1n) is 8.66. The SMILES string of the molecule is Cc1sc(C(N)=O)cc1NC(=O)CCc1nc2sc3c(c2c(=O)[nH]1)CCC3. The summed E-state index contributed by atoms with van der Waals surface area (Å²) in [7, 11) is 0. The van der Waals surface area contributed by atoms with E-state index in [0.29, 0.717) is 28.2 Å². The van der Waals surface area contributed by atoms with Gasteiger partial charge in [0.25, 0.3) is 11.5 Å². The van der Waals surface area contributed by atoms with E-state index in [2.05, 4.69) is 15.3 Å². The van der Waals surface area contributed by atoms with Gasteiger partial charge in [-0.1, -0.05) is 0 Å². The number of rotatable bonds is 5. The maximum Gasteiger partial charge on any atom is 0.259 e. The maximum atomic E-state index is 12.4. The van der Waals surface area contributed by atoms with Crippen molar-refractivity contribution in [2.45, 2.75) is 39.0 Å². The number of aryl methyl sites for hydroxylation is 4. The average molecular weight is 403 g/mol. The van der Waals surface area contributed by atoms with Gasteiger partial charge in [0.15, 0.2) is 0 Å². The van der Waals surface area contributed by atoms with Crippen molar-refractivity contribution in [3.05, 3.63) is 42.4 Å². The van der Waals surface area contributed by atoms with Gasteiger partial charge in [0.1, 0.15) is 10.7 Å². The Morgan fingerprint density at radius 2 is 2.15 bits per heavy atom. The molecule has 4 rings (SSSR count). The Morgan fingerprint density at radius 3 is 2.89 bits per heavy atom. The molecule has 1 aliphatic carbocycles. The minimum Gasteiger partial charge on any atom is -0.365 e. The molecule has 27 heavy (non-hydrogen) atoms. The van der Waals surface area contributed by atoms with Crippen molar-refractivity contribution in [1.29, 1.82) is 0 Å². The number of amides is 2. The van der Waals surface area contributed by atoms with Gasteiger partial charge >= 0.3 is 0 Å². The van der Waals surface area contributed by atoms with Crippen molar-refractivity contribution in [2.75, 3.05) is 5.32 Å². The second-order valence-corrected chi connectivity index (χ2v) is 8.88. The molecule has 0 spiro atoms. The largest absolute Gasteiger partial charge is 0.365 e. The van der Waals surface area contributed by atoms with Crippen LogP contribution < -0.4 is 16.6 Å². The molecule has 1 aliphatic rings. The predicted molar refractivity (Wildman–Crippen MR) is 107 cm³/mol. The number of nitrogens with two attached hydrogens (primary N) is 1. The van der Waals surface area contributed by atoms with Crippen LogP contribution in [0.3, 0.4) is 0 Å². The summed E-state index contributed by atoms with van der Waals surface area (Å²) in [4.78, 5) is 46.5. The van der Waals surface area contributed by atoms with Gasteiger partial charge in [0.05, 0.1) is 16.0 Å². The van der Waals surface area contributed by atoms with Crippen LogP contribution in [-0.4, -0.2) is 21.8 Å². The van der Waals surface area contributed by atoms with Crippen molar-refractivity contribution < 1.29 is 9.59 Å². The lowest BCUT2D eigenvalue weighted by molar-refractivity contribution is -0.116. The van der Waals surface area contributed by atoms with Crippen LogP contribution in [0.5, 0.6) is 0 Å². The summed E-state index contributed by atoms with van der Waals surface area (Å²) >= 11 is 2.83. The number of carbonyl (C=O) groups excluding carboxylic acids is 2. The molecule has 140 valence electrons. The molecule has 7 nitrogen and oxygen atoms in total.